The highest BCUT2D eigenvalue weighted by molar-refractivity contribution is 5.95. The molecule has 1 atom stereocenters. The number of rotatable bonds is 6. The van der Waals surface area contributed by atoms with E-state index in [4.69, 9.17) is 0 Å². The Kier molecular flexibility index (Phi) is 5.59. The summed E-state index contributed by atoms with van der Waals surface area (Å²) >= 11 is 0. The fourth-order valence-corrected chi connectivity index (χ4v) is 3.31. The lowest BCUT2D eigenvalue weighted by Gasteiger charge is -2.34. The van der Waals surface area contributed by atoms with Crippen LogP contribution < -0.4 is 5.32 Å². The highest BCUT2D eigenvalue weighted by Gasteiger charge is 2.36. The number of para-hydroxylation sites is 1. The van der Waals surface area contributed by atoms with E-state index < -0.39 is 0 Å². The molecule has 1 saturated carbocycles. The van der Waals surface area contributed by atoms with Crippen LogP contribution in [-0.4, -0.2) is 42.2 Å². The van der Waals surface area contributed by atoms with E-state index in [0.29, 0.717) is 0 Å². The van der Waals surface area contributed by atoms with Crippen LogP contribution in [0.15, 0.2) is 24.3 Å². The topological polar surface area (TPSA) is 52.6 Å². The van der Waals surface area contributed by atoms with Gasteiger partial charge in [-0.15, -0.1) is 0 Å². The van der Waals surface area contributed by atoms with E-state index in [0.717, 1.165) is 30.6 Å². The first-order valence-corrected chi connectivity index (χ1v) is 8.15. The predicted octanol–water partition coefficient (Wildman–Crippen LogP) is 2.81. The van der Waals surface area contributed by atoms with Crippen LogP contribution in [0.5, 0.6) is 0 Å². The van der Waals surface area contributed by atoms with Crippen LogP contribution >= 0.6 is 0 Å². The summed E-state index contributed by atoms with van der Waals surface area (Å²) in [4.78, 5) is 14.5. The Hall–Kier alpha value is -1.39. The third kappa shape index (κ3) is 3.87. The van der Waals surface area contributed by atoms with Gasteiger partial charge in [0.2, 0.25) is 5.91 Å². The molecule has 122 valence electrons. The second-order valence-electron chi connectivity index (χ2n) is 6.76. The molecule has 0 radical (unpaired) electrons. The van der Waals surface area contributed by atoms with Gasteiger partial charge in [0.15, 0.2) is 0 Å². The zero-order valence-electron chi connectivity index (χ0n) is 13.9. The van der Waals surface area contributed by atoms with Crippen molar-refractivity contribution in [1.82, 2.24) is 4.90 Å². The minimum absolute atomic E-state index is 0.00267. The Morgan fingerprint density at radius 1 is 1.36 bits per heavy atom. The molecule has 4 heteroatoms. The van der Waals surface area contributed by atoms with E-state index >= 15 is 0 Å². The fraction of sp³-hybridized carbons (Fsp3) is 0.611. The second kappa shape index (κ2) is 7.25. The van der Waals surface area contributed by atoms with Gasteiger partial charge in [-0.2, -0.15) is 0 Å². The van der Waals surface area contributed by atoms with Crippen LogP contribution in [0.3, 0.4) is 0 Å². The molecular formula is C18H28N2O2. The highest BCUT2D eigenvalue weighted by Crippen LogP contribution is 2.38. The number of hydrogen-bond acceptors (Lipinski definition) is 3. The normalized spacial score (nSPS) is 18.4. The maximum absolute atomic E-state index is 12.5. The van der Waals surface area contributed by atoms with Crippen molar-refractivity contribution in [2.24, 2.45) is 5.41 Å². The lowest BCUT2D eigenvalue weighted by Crippen LogP contribution is -2.45. The molecule has 0 heterocycles. The summed E-state index contributed by atoms with van der Waals surface area (Å²) in [7, 11) is 1.97. The molecule has 0 saturated heterocycles. The average Bonchev–Trinajstić information content (AvgIpc) is 2.97. The molecule has 0 aromatic heterocycles. The standard InChI is InChI=1S/C18H28N2O2/c1-14-8-4-5-9-16(14)19-17(22)15(2)20(3)12-18(13-21)10-6-7-11-18/h4-5,8-9,15,21H,6-7,10-13H2,1-3H3,(H,19,22)/t15-/m1/s1. The number of hydrogen-bond donors (Lipinski definition) is 2. The first kappa shape index (κ1) is 17.0. The Labute approximate surface area is 133 Å². The lowest BCUT2D eigenvalue weighted by molar-refractivity contribution is -0.121. The van der Waals surface area contributed by atoms with Crippen molar-refractivity contribution < 1.29 is 9.90 Å². The zero-order chi connectivity index (χ0) is 16.2. The molecule has 0 spiro atoms. The van der Waals surface area contributed by atoms with Gasteiger partial charge in [0.25, 0.3) is 0 Å². The third-order valence-electron chi connectivity index (χ3n) is 5.03. The second-order valence-corrected chi connectivity index (χ2v) is 6.76. The maximum atomic E-state index is 12.5. The quantitative estimate of drug-likeness (QED) is 0.849. The largest absolute Gasteiger partial charge is 0.396 e. The highest BCUT2D eigenvalue weighted by atomic mass is 16.3. The van der Waals surface area contributed by atoms with Gasteiger partial charge < -0.3 is 10.4 Å². The first-order valence-electron chi connectivity index (χ1n) is 8.15. The molecule has 2 rings (SSSR count). The van der Waals surface area contributed by atoms with E-state index in [1.165, 1.54) is 12.8 Å². The molecule has 1 amide bonds. The van der Waals surface area contributed by atoms with Crippen LogP contribution in [0, 0.1) is 12.3 Å². The van der Waals surface area contributed by atoms with E-state index in [1.54, 1.807) is 0 Å². The van der Waals surface area contributed by atoms with Crippen LogP contribution in [0.25, 0.3) is 0 Å². The van der Waals surface area contributed by atoms with E-state index in [2.05, 4.69) is 10.2 Å². The number of nitrogens with one attached hydrogen (secondary N) is 1. The van der Waals surface area contributed by atoms with Gasteiger partial charge >= 0.3 is 0 Å². The third-order valence-corrected chi connectivity index (χ3v) is 5.03. The zero-order valence-corrected chi connectivity index (χ0v) is 13.9. The van der Waals surface area contributed by atoms with Crippen LogP contribution in [-0.2, 0) is 4.79 Å². The number of nitrogens with zero attached hydrogens (tertiary/aromatic N) is 1. The minimum Gasteiger partial charge on any atom is -0.396 e. The number of aliphatic hydroxyl groups is 1. The Balaban J connectivity index is 1.96. The molecule has 0 unspecified atom stereocenters. The minimum atomic E-state index is -0.219. The lowest BCUT2D eigenvalue weighted by atomic mass is 9.86. The van der Waals surface area contributed by atoms with E-state index in [-0.39, 0.29) is 24.0 Å². The fourth-order valence-electron chi connectivity index (χ4n) is 3.31. The summed E-state index contributed by atoms with van der Waals surface area (Å²) < 4.78 is 0. The SMILES string of the molecule is Cc1ccccc1NC(=O)[C@@H](C)N(C)CC1(CO)CCCC1. The van der Waals surface area contributed by atoms with E-state index in [1.807, 2.05) is 45.2 Å². The number of carbonyl (C=O) groups excluding carboxylic acids is 1. The summed E-state index contributed by atoms with van der Waals surface area (Å²) in [6.45, 7) is 4.90. The van der Waals surface area contributed by atoms with Gasteiger partial charge in [0, 0.05) is 24.3 Å². The summed E-state index contributed by atoms with van der Waals surface area (Å²) in [6, 6.07) is 7.58. The van der Waals surface area contributed by atoms with Gasteiger partial charge in [0.05, 0.1) is 6.04 Å². The Morgan fingerprint density at radius 3 is 2.59 bits per heavy atom. The summed E-state index contributed by atoms with van der Waals surface area (Å²) in [5, 5.41) is 12.7. The summed E-state index contributed by atoms with van der Waals surface area (Å²) in [6.07, 6.45) is 4.47. The van der Waals surface area contributed by atoms with Crippen molar-refractivity contribution in [2.45, 2.75) is 45.6 Å². The average molecular weight is 304 g/mol. The molecule has 1 aliphatic carbocycles. The number of aliphatic hydroxyl groups excluding tert-OH is 1. The van der Waals surface area contributed by atoms with Gasteiger partial charge in [-0.1, -0.05) is 31.0 Å². The number of anilines is 1. The van der Waals surface area contributed by atoms with Crippen molar-refractivity contribution in [1.29, 1.82) is 0 Å². The van der Waals surface area contributed by atoms with Gasteiger partial charge in [-0.25, -0.2) is 0 Å². The number of benzene rings is 1. The van der Waals surface area contributed by atoms with Crippen LogP contribution in [0.2, 0.25) is 0 Å². The molecule has 1 aromatic rings. The van der Waals surface area contributed by atoms with Crippen molar-refractivity contribution in [3.63, 3.8) is 0 Å². The van der Waals surface area contributed by atoms with Crippen molar-refractivity contribution in [3.8, 4) is 0 Å². The van der Waals surface area contributed by atoms with Gasteiger partial charge in [-0.05, 0) is 45.4 Å². The monoisotopic (exact) mass is 304 g/mol. The molecule has 1 aliphatic rings. The number of aryl methyl sites for hydroxylation is 1. The maximum Gasteiger partial charge on any atom is 0.241 e. The van der Waals surface area contributed by atoms with Gasteiger partial charge in [-0.3, -0.25) is 9.69 Å². The molecule has 1 fully saturated rings. The first-order chi connectivity index (χ1) is 10.5. The number of likely N-dealkylation sites (N-methyl/N-ethyl adjacent to an activating group) is 1. The van der Waals surface area contributed by atoms with E-state index in [9.17, 15) is 9.90 Å². The number of amides is 1. The van der Waals surface area contributed by atoms with Crippen LogP contribution in [0.1, 0.15) is 38.2 Å². The summed E-state index contributed by atoms with van der Waals surface area (Å²) in [5.74, 6) is 0.00267. The molecule has 1 aromatic carbocycles. The molecule has 22 heavy (non-hydrogen) atoms. The molecule has 0 aliphatic heterocycles. The predicted molar refractivity (Wildman–Crippen MR) is 89.9 cm³/mol. The summed E-state index contributed by atoms with van der Waals surface area (Å²) in [5.41, 5.74) is 1.91. The van der Waals surface area contributed by atoms with Crippen molar-refractivity contribution >= 4 is 11.6 Å². The molecule has 0 bridgehead atoms. The van der Waals surface area contributed by atoms with Crippen molar-refractivity contribution in [2.75, 3.05) is 25.5 Å². The van der Waals surface area contributed by atoms with Crippen molar-refractivity contribution in [3.05, 3.63) is 29.8 Å². The smallest absolute Gasteiger partial charge is 0.241 e. The Bertz CT molecular complexity index is 510. The molecular weight excluding hydrogens is 276 g/mol. The van der Waals surface area contributed by atoms with Crippen LogP contribution in [0.4, 0.5) is 5.69 Å². The molecule has 4 nitrogen and oxygen atoms in total. The number of carbonyl (C=O) groups is 1. The molecule has 2 N–H and O–H groups in total. The van der Waals surface area contributed by atoms with Gasteiger partial charge in [0.1, 0.15) is 0 Å². The Morgan fingerprint density at radius 2 is 2.00 bits per heavy atom.